The molecule has 0 unspecified atom stereocenters. The molecule has 712 valence electrons. The SMILES string of the molecule is CC(=NCc1nc2ccccc2o1)c1cccc(CO)n1.CC(=NCc1nc2ccccc2s1)c1cccc(C(C)=NCc2nc3ccccc3s2)n1.CC(=NCc1nc2ccccc2s1)c1cccc(CN)n1.CC(=NCc1nc2ccccc2s1)c1cccc(OCCN(C)C)n1.CC(=NCc1nc2ccncc2s1)c1ccccn1.CNCCn1c(CN=C(C)c2ccccn2)nc2ccccc21. The number of hydrogen-bond acceptors (Lipinski definition) is 32. The molecule has 6 aromatic carbocycles. The number of benzene rings is 6. The molecule has 20 rings (SSSR count). The summed E-state index contributed by atoms with van der Waals surface area (Å²) in [7, 11) is 6.00. The zero-order chi connectivity index (χ0) is 98.0. The Hall–Kier alpha value is -14.9. The van der Waals surface area contributed by atoms with Crippen molar-refractivity contribution in [1.29, 1.82) is 0 Å². The van der Waals surface area contributed by atoms with Crippen LogP contribution in [-0.4, -0.2) is 165 Å². The molecule has 0 amide bonds. The second-order valence-electron chi connectivity index (χ2n) is 32.2. The lowest BCUT2D eigenvalue weighted by Crippen LogP contribution is -2.19. The Kier molecular flexibility index (Phi) is 36.5. The van der Waals surface area contributed by atoms with E-state index in [2.05, 4.69) is 130 Å². The van der Waals surface area contributed by atoms with Gasteiger partial charge in [-0.1, -0.05) is 109 Å². The van der Waals surface area contributed by atoms with Gasteiger partial charge in [0.25, 0.3) is 0 Å². The minimum Gasteiger partial charge on any atom is -0.476 e. The normalized spacial score (nSPS) is 12.2. The van der Waals surface area contributed by atoms with E-state index >= 15 is 0 Å². The van der Waals surface area contributed by atoms with Crippen LogP contribution in [0.4, 0.5) is 0 Å². The van der Waals surface area contributed by atoms with Crippen LogP contribution in [0.2, 0.25) is 0 Å². The van der Waals surface area contributed by atoms with E-state index in [0.717, 1.165) is 190 Å². The molecule has 14 aromatic heterocycles. The van der Waals surface area contributed by atoms with Crippen molar-refractivity contribution in [2.24, 2.45) is 40.7 Å². The summed E-state index contributed by atoms with van der Waals surface area (Å²) in [4.78, 5) is 97.4. The fourth-order valence-corrected chi connectivity index (χ4v) is 18.4. The van der Waals surface area contributed by atoms with Crippen molar-refractivity contribution in [2.45, 2.75) is 114 Å². The van der Waals surface area contributed by atoms with E-state index in [1.54, 1.807) is 81.3 Å². The highest BCUT2D eigenvalue weighted by atomic mass is 32.1. The van der Waals surface area contributed by atoms with Crippen molar-refractivity contribution in [3.8, 4) is 5.88 Å². The van der Waals surface area contributed by atoms with Gasteiger partial charge in [-0.15, -0.1) is 56.7 Å². The van der Waals surface area contributed by atoms with Crippen molar-refractivity contribution in [3.63, 3.8) is 0 Å². The number of likely N-dealkylation sites (N-methyl/N-ethyl adjacent to an activating group) is 2. The van der Waals surface area contributed by atoms with Crippen LogP contribution in [0.15, 0.2) is 325 Å². The second-order valence-corrected chi connectivity index (χ2v) is 37.7. The quantitative estimate of drug-likeness (QED) is 0.0352. The van der Waals surface area contributed by atoms with Gasteiger partial charge >= 0.3 is 0 Å². The number of ether oxygens (including phenoxy) is 1. The summed E-state index contributed by atoms with van der Waals surface area (Å²) in [5.41, 5.74) is 28.2. The molecule has 28 nitrogen and oxygen atoms in total. The Labute approximate surface area is 837 Å². The molecule has 0 atom stereocenters. The van der Waals surface area contributed by atoms with Gasteiger partial charge in [0.05, 0.1) is 199 Å². The molecule has 0 aliphatic heterocycles. The second kappa shape index (κ2) is 51.1. The van der Waals surface area contributed by atoms with Crippen LogP contribution in [0.25, 0.3) is 73.2 Å². The van der Waals surface area contributed by atoms with Gasteiger partial charge < -0.3 is 34.8 Å². The fraction of sp³-hybridized carbons (Fsp3) is 0.213. The zero-order valence-electron chi connectivity index (χ0n) is 80.0. The van der Waals surface area contributed by atoms with E-state index in [1.807, 2.05) is 300 Å². The topological polar surface area (TPSA) is 356 Å². The van der Waals surface area contributed by atoms with Gasteiger partial charge in [-0.05, 0) is 215 Å². The van der Waals surface area contributed by atoms with Crippen LogP contribution in [0, 0.1) is 0 Å². The third kappa shape index (κ3) is 29.1. The minimum atomic E-state index is -0.0771. The monoisotopic (exact) mass is 1960 g/mol. The summed E-state index contributed by atoms with van der Waals surface area (Å²) in [5.74, 6) is 2.19. The van der Waals surface area contributed by atoms with Crippen LogP contribution in [0.3, 0.4) is 0 Å². The van der Waals surface area contributed by atoms with E-state index in [9.17, 15) is 0 Å². The molecule has 0 saturated carbocycles. The number of thiazole rings is 5. The molecule has 0 aliphatic rings. The van der Waals surface area contributed by atoms with E-state index in [0.29, 0.717) is 76.4 Å². The smallest absolute Gasteiger partial charge is 0.217 e. The van der Waals surface area contributed by atoms with Crippen LogP contribution in [0.1, 0.15) is 136 Å². The number of aliphatic hydroxyl groups is 1. The number of nitrogens with one attached hydrogen (secondary N) is 1. The van der Waals surface area contributed by atoms with Gasteiger partial charge in [-0.2, -0.15) is 0 Å². The number of rotatable bonds is 30. The van der Waals surface area contributed by atoms with Gasteiger partial charge in [0, 0.05) is 57.0 Å². The molecule has 0 radical (unpaired) electrons. The highest BCUT2D eigenvalue weighted by molar-refractivity contribution is 7.20. The summed E-state index contributed by atoms with van der Waals surface area (Å²) in [6.45, 7) is 21.2. The third-order valence-electron chi connectivity index (χ3n) is 21.6. The van der Waals surface area contributed by atoms with Gasteiger partial charge in [-0.3, -0.25) is 54.9 Å². The first kappa shape index (κ1) is 101. The molecular formula is C108H107N25O3S5. The zero-order valence-corrected chi connectivity index (χ0v) is 84.1. The Morgan fingerprint density at radius 3 is 1.20 bits per heavy atom. The van der Waals surface area contributed by atoms with Gasteiger partial charge in [-0.25, -0.2) is 49.8 Å². The van der Waals surface area contributed by atoms with E-state index in [4.69, 9.17) is 39.9 Å². The summed E-state index contributed by atoms with van der Waals surface area (Å²) >= 11 is 8.37. The Morgan fingerprint density at radius 1 is 0.369 bits per heavy atom. The maximum atomic E-state index is 9.10. The molecule has 14 heterocycles. The van der Waals surface area contributed by atoms with Gasteiger partial charge in [0.2, 0.25) is 11.8 Å². The standard InChI is InChI=1S/C25H21N5S2.C19H22N4OS.C18H21N5.C16H16N4S.C16H15N3O2.C14H12N4S/c1-16(26-14-24-29-20-8-3-5-12-22(20)31-24)18-10-7-11-19(28-18)17(2)27-15-25-30-21-9-4-6-13-23(21)32-25;1-14(15-8-6-10-18(21-15)24-12-11-23(2)3)20-13-19-22-16-7-4-5-9-17(16)25-19;1-14(15-7-5-6-10-20-15)21-13-18-22-16-8-3-4-9-17(16)23(18)12-11-19-2;1-11(13-7-4-5-12(9-17)19-13)18-10-16-20-14-6-2-3-8-15(14)21-16;1-11(13-7-4-5-12(10-20)18-13)17-9-16-19-14-6-2-3-8-15(14)21-16;1-10(11-4-2-3-6-16-11)17-9-14-18-12-5-7-15-8-13(12)19-14/h3-13H,14-15H2,1-2H3;4-10H,11-13H2,1-3H3;3-10,19H,11-13H2,1-2H3;2-8H,9-10,17H2,1H3;2-8,20H,9-10H2,1H3;2-8H,9H2,1H3. The molecular weight excluding hydrogens is 1860 g/mol. The van der Waals surface area contributed by atoms with Crippen LogP contribution in [0.5, 0.6) is 5.88 Å². The lowest BCUT2D eigenvalue weighted by molar-refractivity contribution is 0.254. The first-order valence-electron chi connectivity index (χ1n) is 45.8. The minimum absolute atomic E-state index is 0.0771. The maximum absolute atomic E-state index is 9.10. The predicted octanol–water partition coefficient (Wildman–Crippen LogP) is 21.6. The number of pyridine rings is 7. The molecule has 4 N–H and O–H groups in total. The van der Waals surface area contributed by atoms with E-state index in [-0.39, 0.29) is 6.61 Å². The third-order valence-corrected chi connectivity index (χ3v) is 26.7. The average molecular weight is 1960 g/mol. The Morgan fingerprint density at radius 2 is 0.752 bits per heavy atom. The summed E-state index contributed by atoms with van der Waals surface area (Å²) in [5, 5.41) is 17.3. The lowest BCUT2D eigenvalue weighted by Gasteiger charge is -2.10. The van der Waals surface area contributed by atoms with Crippen LogP contribution in [-0.2, 0) is 65.5 Å². The number of imidazole rings is 1. The van der Waals surface area contributed by atoms with E-state index in [1.165, 1.54) is 18.8 Å². The molecule has 33 heteroatoms. The number of aromatic nitrogens is 15. The van der Waals surface area contributed by atoms with Crippen LogP contribution >= 0.6 is 56.7 Å². The lowest BCUT2D eigenvalue weighted by atomic mass is 10.2. The molecule has 0 bridgehead atoms. The van der Waals surface area contributed by atoms with Crippen LogP contribution < -0.4 is 15.8 Å². The summed E-state index contributed by atoms with van der Waals surface area (Å²) in [6.07, 6.45) is 7.16. The molecule has 0 fully saturated rings. The fourth-order valence-electron chi connectivity index (χ4n) is 14.0. The van der Waals surface area contributed by atoms with E-state index < -0.39 is 0 Å². The maximum Gasteiger partial charge on any atom is 0.217 e. The highest BCUT2D eigenvalue weighted by Crippen LogP contribution is 2.29. The number of hydrogen-bond donors (Lipinski definition) is 3. The van der Waals surface area contributed by atoms with Gasteiger partial charge in [0.15, 0.2) is 5.58 Å². The average Bonchev–Trinajstić information content (AvgIpc) is 1.65. The summed E-state index contributed by atoms with van der Waals surface area (Å²) in [6, 6.07) is 85.2. The van der Waals surface area contributed by atoms with Crippen molar-refractivity contribution in [3.05, 3.63) is 374 Å². The first-order chi connectivity index (χ1) is 68.9. The van der Waals surface area contributed by atoms with Gasteiger partial charge in [0.1, 0.15) is 49.5 Å². The largest absolute Gasteiger partial charge is 0.476 e. The number of oxazole rings is 1. The Bertz CT molecular complexity index is 7330. The van der Waals surface area contributed by atoms with Crippen molar-refractivity contribution in [1.82, 2.24) is 84.6 Å². The number of nitrogens with zero attached hydrogens (tertiary/aromatic N) is 23. The number of para-hydroxylation sites is 8. The van der Waals surface area contributed by atoms with Crippen molar-refractivity contribution < 1.29 is 14.3 Å². The summed E-state index contributed by atoms with van der Waals surface area (Å²) < 4.78 is 19.4. The molecule has 0 aliphatic carbocycles. The predicted molar refractivity (Wildman–Crippen MR) is 578 cm³/mol. The Balaban J connectivity index is 0.000000129. The van der Waals surface area contributed by atoms with Crippen molar-refractivity contribution >= 4 is 170 Å². The first-order valence-corrected chi connectivity index (χ1v) is 49.9. The number of fused-ring (bicyclic) bond motifs is 7. The molecule has 0 saturated heterocycles. The highest BCUT2D eigenvalue weighted by Gasteiger charge is 2.16. The molecule has 141 heavy (non-hydrogen) atoms. The van der Waals surface area contributed by atoms with Crippen molar-refractivity contribution in [2.75, 3.05) is 40.8 Å². The number of nitrogens with two attached hydrogens (primary N) is 1. The number of aliphatic imine (C=N–C) groups is 7. The number of aliphatic hydroxyl groups excluding tert-OH is 1. The molecule has 0 spiro atoms. The molecule has 20 aromatic rings.